The van der Waals surface area contributed by atoms with Crippen molar-refractivity contribution >= 4 is 6.21 Å². The highest BCUT2D eigenvalue weighted by Gasteiger charge is 2.10. The van der Waals surface area contributed by atoms with E-state index >= 15 is 0 Å². The van der Waals surface area contributed by atoms with E-state index in [0.29, 0.717) is 17.2 Å². The summed E-state index contributed by atoms with van der Waals surface area (Å²) in [5.41, 5.74) is 2.13. The van der Waals surface area contributed by atoms with Gasteiger partial charge < -0.3 is 19.2 Å². The molecule has 0 saturated heterocycles. The highest BCUT2D eigenvalue weighted by molar-refractivity contribution is 5.61. The van der Waals surface area contributed by atoms with Gasteiger partial charge in [-0.15, -0.1) is 0 Å². The van der Waals surface area contributed by atoms with Crippen LogP contribution in [0.4, 0.5) is 0 Å². The summed E-state index contributed by atoms with van der Waals surface area (Å²) in [5, 5.41) is 0. The Hall–Kier alpha value is -2.93. The maximum Gasteiger partial charge on any atom is 0.204 e. The van der Waals surface area contributed by atoms with E-state index in [-0.39, 0.29) is 6.61 Å². The SMILES string of the molecule is CN=CCc1cccc(C#CCOc2c(OC)cccc2OC)c1. The number of hydrogen-bond acceptors (Lipinski definition) is 4. The Balaban J connectivity index is 2.04. The van der Waals surface area contributed by atoms with Crippen LogP contribution in [-0.4, -0.2) is 34.1 Å². The molecule has 0 saturated carbocycles. The molecule has 0 aromatic heterocycles. The molecule has 4 heteroatoms. The molecule has 0 radical (unpaired) electrons. The lowest BCUT2D eigenvalue weighted by Gasteiger charge is -2.12. The largest absolute Gasteiger partial charge is 0.493 e. The second kappa shape index (κ2) is 9.26. The van der Waals surface area contributed by atoms with Crippen molar-refractivity contribution in [1.82, 2.24) is 0 Å². The first kappa shape index (κ1) is 17.4. The standard InChI is InChI=1S/C20H21NO3/c1-21-13-12-17-8-4-7-16(15-17)9-6-14-24-20-18(22-2)10-5-11-19(20)23-3/h4-5,7-8,10-11,13,15H,12,14H2,1-3H3. The lowest BCUT2D eigenvalue weighted by molar-refractivity contribution is 0.304. The van der Waals surface area contributed by atoms with Crippen molar-refractivity contribution in [2.24, 2.45) is 4.99 Å². The molecular formula is C20H21NO3. The number of methoxy groups -OCH3 is 2. The maximum atomic E-state index is 5.72. The third kappa shape index (κ3) is 4.79. The summed E-state index contributed by atoms with van der Waals surface area (Å²) in [7, 11) is 4.96. The van der Waals surface area contributed by atoms with Gasteiger partial charge in [0, 0.05) is 25.2 Å². The van der Waals surface area contributed by atoms with Gasteiger partial charge in [-0.2, -0.15) is 0 Å². The number of ether oxygens (including phenoxy) is 3. The van der Waals surface area contributed by atoms with Crippen LogP contribution in [0.2, 0.25) is 0 Å². The summed E-state index contributed by atoms with van der Waals surface area (Å²) in [6, 6.07) is 13.6. The fourth-order valence-electron chi connectivity index (χ4n) is 2.18. The van der Waals surface area contributed by atoms with E-state index in [9.17, 15) is 0 Å². The quantitative estimate of drug-likeness (QED) is 0.604. The van der Waals surface area contributed by atoms with Gasteiger partial charge in [0.05, 0.1) is 14.2 Å². The zero-order chi connectivity index (χ0) is 17.2. The van der Waals surface area contributed by atoms with Crippen molar-refractivity contribution in [3.05, 3.63) is 53.6 Å². The summed E-state index contributed by atoms with van der Waals surface area (Å²) >= 11 is 0. The van der Waals surface area contributed by atoms with Crippen LogP contribution in [0, 0.1) is 11.8 Å². The molecule has 0 fully saturated rings. The van der Waals surface area contributed by atoms with E-state index in [1.165, 1.54) is 5.56 Å². The van der Waals surface area contributed by atoms with Crippen LogP contribution in [0.1, 0.15) is 11.1 Å². The zero-order valence-corrected chi connectivity index (χ0v) is 14.2. The summed E-state index contributed by atoms with van der Waals surface area (Å²) < 4.78 is 16.3. The Bertz CT molecular complexity index is 735. The minimum absolute atomic E-state index is 0.247. The monoisotopic (exact) mass is 323 g/mol. The Morgan fingerprint density at radius 2 is 1.75 bits per heavy atom. The zero-order valence-electron chi connectivity index (χ0n) is 14.2. The van der Waals surface area contributed by atoms with Gasteiger partial charge in [-0.05, 0) is 29.8 Å². The average Bonchev–Trinajstić information content (AvgIpc) is 2.63. The van der Waals surface area contributed by atoms with Gasteiger partial charge in [0.2, 0.25) is 5.75 Å². The van der Waals surface area contributed by atoms with E-state index in [1.807, 2.05) is 36.5 Å². The molecule has 0 spiro atoms. The average molecular weight is 323 g/mol. The van der Waals surface area contributed by atoms with Crippen molar-refractivity contribution in [2.45, 2.75) is 6.42 Å². The molecule has 0 aliphatic carbocycles. The van der Waals surface area contributed by atoms with Gasteiger partial charge in [0.15, 0.2) is 11.5 Å². The van der Waals surface area contributed by atoms with E-state index < -0.39 is 0 Å². The van der Waals surface area contributed by atoms with Gasteiger partial charge in [-0.3, -0.25) is 0 Å². The van der Waals surface area contributed by atoms with E-state index in [1.54, 1.807) is 21.3 Å². The van der Waals surface area contributed by atoms with Crippen LogP contribution in [0.25, 0.3) is 0 Å². The number of benzene rings is 2. The first-order valence-electron chi connectivity index (χ1n) is 7.60. The molecule has 2 rings (SSSR count). The molecule has 2 aromatic rings. The molecule has 0 aliphatic rings. The van der Waals surface area contributed by atoms with Crippen molar-refractivity contribution < 1.29 is 14.2 Å². The minimum Gasteiger partial charge on any atom is -0.493 e. The van der Waals surface area contributed by atoms with Crippen LogP contribution in [0.3, 0.4) is 0 Å². The molecule has 0 unspecified atom stereocenters. The van der Waals surface area contributed by atoms with E-state index in [0.717, 1.165) is 12.0 Å². The van der Waals surface area contributed by atoms with Crippen molar-refractivity contribution in [2.75, 3.05) is 27.9 Å². The molecule has 24 heavy (non-hydrogen) atoms. The molecule has 0 amide bonds. The van der Waals surface area contributed by atoms with Crippen molar-refractivity contribution in [3.63, 3.8) is 0 Å². The molecular weight excluding hydrogens is 302 g/mol. The summed E-state index contributed by atoms with van der Waals surface area (Å²) in [4.78, 5) is 4.00. The molecule has 0 atom stereocenters. The second-order valence-corrected chi connectivity index (χ2v) is 4.93. The fourth-order valence-corrected chi connectivity index (χ4v) is 2.18. The van der Waals surface area contributed by atoms with E-state index in [4.69, 9.17) is 14.2 Å². The second-order valence-electron chi connectivity index (χ2n) is 4.93. The normalized spacial score (nSPS) is 10.1. The fraction of sp³-hybridized carbons (Fsp3) is 0.250. The van der Waals surface area contributed by atoms with Gasteiger partial charge >= 0.3 is 0 Å². The minimum atomic E-state index is 0.247. The van der Waals surface area contributed by atoms with Crippen LogP contribution in [0.15, 0.2) is 47.5 Å². The summed E-state index contributed by atoms with van der Waals surface area (Å²) in [6.45, 7) is 0.247. The van der Waals surface area contributed by atoms with Crippen LogP contribution in [0.5, 0.6) is 17.2 Å². The predicted octanol–water partition coefficient (Wildman–Crippen LogP) is 3.38. The van der Waals surface area contributed by atoms with Crippen LogP contribution < -0.4 is 14.2 Å². The van der Waals surface area contributed by atoms with Crippen molar-refractivity contribution in [3.8, 4) is 29.1 Å². The summed E-state index contributed by atoms with van der Waals surface area (Å²) in [6.07, 6.45) is 2.69. The van der Waals surface area contributed by atoms with Crippen LogP contribution >= 0.6 is 0 Å². The number of aliphatic imine (C=N–C) groups is 1. The maximum absolute atomic E-state index is 5.72. The molecule has 4 nitrogen and oxygen atoms in total. The number of hydrogen-bond donors (Lipinski definition) is 0. The third-order valence-corrected chi connectivity index (χ3v) is 3.34. The van der Waals surface area contributed by atoms with Gasteiger partial charge in [-0.25, -0.2) is 0 Å². The highest BCUT2D eigenvalue weighted by atomic mass is 16.5. The first-order chi connectivity index (χ1) is 11.8. The highest BCUT2D eigenvalue weighted by Crippen LogP contribution is 2.36. The van der Waals surface area contributed by atoms with Gasteiger partial charge in [0.1, 0.15) is 6.61 Å². The van der Waals surface area contributed by atoms with Gasteiger partial charge in [0.25, 0.3) is 0 Å². The number of rotatable bonds is 6. The molecule has 2 aromatic carbocycles. The first-order valence-corrected chi connectivity index (χ1v) is 7.60. The van der Waals surface area contributed by atoms with Crippen LogP contribution in [-0.2, 0) is 6.42 Å². The van der Waals surface area contributed by atoms with Crippen molar-refractivity contribution in [1.29, 1.82) is 0 Å². The lowest BCUT2D eigenvalue weighted by atomic mass is 10.1. The Morgan fingerprint density at radius 1 is 1.04 bits per heavy atom. The Kier molecular flexibility index (Phi) is 6.73. The molecule has 0 N–H and O–H groups in total. The third-order valence-electron chi connectivity index (χ3n) is 3.34. The Morgan fingerprint density at radius 3 is 2.42 bits per heavy atom. The number of nitrogens with zero attached hydrogens (tertiary/aromatic N) is 1. The molecule has 0 bridgehead atoms. The molecule has 0 heterocycles. The van der Waals surface area contributed by atoms with E-state index in [2.05, 4.69) is 29.0 Å². The predicted molar refractivity (Wildman–Crippen MR) is 96.5 cm³/mol. The molecule has 0 aliphatic heterocycles. The lowest BCUT2D eigenvalue weighted by Crippen LogP contribution is -1.99. The van der Waals surface area contributed by atoms with Gasteiger partial charge in [-0.1, -0.05) is 30.0 Å². The summed E-state index contributed by atoms with van der Waals surface area (Å²) in [5.74, 6) is 7.93. The molecule has 124 valence electrons. The topological polar surface area (TPSA) is 40.0 Å². The number of para-hydroxylation sites is 1. The smallest absolute Gasteiger partial charge is 0.204 e. The Labute approximate surface area is 143 Å².